The van der Waals surface area contributed by atoms with Gasteiger partial charge in [0.05, 0.1) is 0 Å². The van der Waals surface area contributed by atoms with Crippen LogP contribution in [0.2, 0.25) is 0 Å². The largest absolute Gasteiger partial charge is 0.329 e. The Morgan fingerprint density at radius 3 is 2.25 bits per heavy atom. The van der Waals surface area contributed by atoms with Gasteiger partial charge in [0.25, 0.3) is 0 Å². The molecule has 0 amide bonds. The van der Waals surface area contributed by atoms with Gasteiger partial charge in [0.15, 0.2) is 0 Å². The summed E-state index contributed by atoms with van der Waals surface area (Å²) >= 11 is 0. The van der Waals surface area contributed by atoms with Crippen molar-refractivity contribution in [1.29, 1.82) is 0 Å². The highest BCUT2D eigenvalue weighted by molar-refractivity contribution is 5.85. The van der Waals surface area contributed by atoms with Crippen molar-refractivity contribution in [3.63, 3.8) is 0 Å². The summed E-state index contributed by atoms with van der Waals surface area (Å²) in [5.41, 5.74) is 5.74. The van der Waals surface area contributed by atoms with Crippen LogP contribution in [0.3, 0.4) is 0 Å². The van der Waals surface area contributed by atoms with Crippen LogP contribution in [0.25, 0.3) is 0 Å². The summed E-state index contributed by atoms with van der Waals surface area (Å²) in [6, 6.07) is 0. The monoisotopic (exact) mass is 225 g/mol. The van der Waals surface area contributed by atoms with Crippen LogP contribution in [0.15, 0.2) is 0 Å². The van der Waals surface area contributed by atoms with Crippen molar-refractivity contribution < 1.29 is 4.79 Å². The van der Waals surface area contributed by atoms with E-state index in [-0.39, 0.29) is 5.41 Å². The molecule has 0 aromatic heterocycles. The summed E-state index contributed by atoms with van der Waals surface area (Å²) in [6.07, 6.45) is 8.79. The highest BCUT2D eigenvalue weighted by Crippen LogP contribution is 2.36. The van der Waals surface area contributed by atoms with Crippen LogP contribution >= 0.6 is 0 Å². The molecule has 0 heterocycles. The molecule has 0 aliphatic heterocycles. The maximum absolute atomic E-state index is 12.4. The quantitative estimate of drug-likeness (QED) is 0.730. The molecule has 1 rings (SSSR count). The lowest BCUT2D eigenvalue weighted by atomic mass is 9.74. The predicted octanol–water partition coefficient (Wildman–Crippen LogP) is 3.29. The van der Waals surface area contributed by atoms with Gasteiger partial charge in [-0.05, 0) is 18.8 Å². The van der Waals surface area contributed by atoms with Gasteiger partial charge in [-0.15, -0.1) is 0 Å². The van der Waals surface area contributed by atoms with Crippen molar-refractivity contribution in [1.82, 2.24) is 0 Å². The number of carbonyl (C=O) groups is 1. The Bertz CT molecular complexity index is 217. The van der Waals surface area contributed by atoms with Gasteiger partial charge in [0.1, 0.15) is 5.78 Å². The first-order valence-electron chi connectivity index (χ1n) is 6.88. The van der Waals surface area contributed by atoms with E-state index in [9.17, 15) is 4.79 Å². The standard InChI is InChI=1S/C14H27NO/c1-3-12(2)10-13(16)14(11-15)8-6-4-5-7-9-14/h12H,3-11,15H2,1-2H3. The molecule has 1 unspecified atom stereocenters. The van der Waals surface area contributed by atoms with Crippen LogP contribution < -0.4 is 5.73 Å². The predicted molar refractivity (Wildman–Crippen MR) is 68.3 cm³/mol. The Morgan fingerprint density at radius 1 is 1.25 bits per heavy atom. The normalized spacial score (nSPS) is 22.4. The van der Waals surface area contributed by atoms with Crippen LogP contribution in [0.4, 0.5) is 0 Å². The molecule has 1 fully saturated rings. The first kappa shape index (κ1) is 13.7. The summed E-state index contributed by atoms with van der Waals surface area (Å²) in [4.78, 5) is 12.4. The number of ketones is 1. The molecule has 94 valence electrons. The van der Waals surface area contributed by atoms with Crippen molar-refractivity contribution in [2.45, 2.75) is 65.2 Å². The third-order valence-corrected chi connectivity index (χ3v) is 4.27. The molecule has 0 bridgehead atoms. The zero-order chi connectivity index (χ0) is 12.0. The van der Waals surface area contributed by atoms with Crippen molar-refractivity contribution in [2.24, 2.45) is 17.1 Å². The summed E-state index contributed by atoms with van der Waals surface area (Å²) < 4.78 is 0. The molecular weight excluding hydrogens is 198 g/mol. The van der Waals surface area contributed by atoms with E-state index in [4.69, 9.17) is 5.73 Å². The fourth-order valence-corrected chi connectivity index (χ4v) is 2.68. The van der Waals surface area contributed by atoms with Gasteiger partial charge in [-0.3, -0.25) is 4.79 Å². The molecule has 0 radical (unpaired) electrons. The number of Topliss-reactive ketones (excluding diaryl/α,β-unsaturated/α-hetero) is 1. The van der Waals surface area contributed by atoms with Crippen molar-refractivity contribution in [3.05, 3.63) is 0 Å². The molecule has 0 spiro atoms. The molecule has 1 atom stereocenters. The summed E-state index contributed by atoms with van der Waals surface area (Å²) in [7, 11) is 0. The van der Waals surface area contributed by atoms with Crippen LogP contribution in [0, 0.1) is 11.3 Å². The first-order valence-corrected chi connectivity index (χ1v) is 6.88. The molecule has 2 nitrogen and oxygen atoms in total. The van der Waals surface area contributed by atoms with Gasteiger partial charge in [-0.2, -0.15) is 0 Å². The molecule has 2 heteroatoms. The van der Waals surface area contributed by atoms with E-state index in [1.807, 2.05) is 0 Å². The fraction of sp³-hybridized carbons (Fsp3) is 0.929. The van der Waals surface area contributed by atoms with E-state index in [1.165, 1.54) is 25.7 Å². The number of hydrogen-bond donors (Lipinski definition) is 1. The molecule has 0 aromatic carbocycles. The van der Waals surface area contributed by atoms with E-state index in [1.54, 1.807) is 0 Å². The smallest absolute Gasteiger partial charge is 0.140 e. The Balaban J connectivity index is 2.65. The van der Waals surface area contributed by atoms with E-state index >= 15 is 0 Å². The van der Waals surface area contributed by atoms with Crippen molar-refractivity contribution in [3.8, 4) is 0 Å². The zero-order valence-electron chi connectivity index (χ0n) is 10.9. The van der Waals surface area contributed by atoms with Gasteiger partial charge < -0.3 is 5.73 Å². The second-order valence-corrected chi connectivity index (χ2v) is 5.54. The van der Waals surface area contributed by atoms with Crippen LogP contribution in [0.5, 0.6) is 0 Å². The number of hydrogen-bond acceptors (Lipinski definition) is 2. The number of nitrogens with two attached hydrogens (primary N) is 1. The molecule has 0 aromatic rings. The zero-order valence-corrected chi connectivity index (χ0v) is 10.9. The molecule has 1 saturated carbocycles. The van der Waals surface area contributed by atoms with Crippen LogP contribution in [-0.2, 0) is 4.79 Å². The Hall–Kier alpha value is -0.370. The van der Waals surface area contributed by atoms with Gasteiger partial charge >= 0.3 is 0 Å². The third kappa shape index (κ3) is 3.31. The van der Waals surface area contributed by atoms with Crippen LogP contribution in [-0.4, -0.2) is 12.3 Å². The first-order chi connectivity index (χ1) is 7.64. The van der Waals surface area contributed by atoms with Crippen LogP contribution in [0.1, 0.15) is 65.2 Å². The van der Waals surface area contributed by atoms with E-state index in [0.29, 0.717) is 18.2 Å². The second kappa shape index (κ2) is 6.39. The molecule has 1 aliphatic carbocycles. The Kier molecular flexibility index (Phi) is 5.47. The molecule has 2 N–H and O–H groups in total. The SMILES string of the molecule is CCC(C)CC(=O)C1(CN)CCCCCC1. The van der Waals surface area contributed by atoms with Gasteiger partial charge in [0.2, 0.25) is 0 Å². The topological polar surface area (TPSA) is 43.1 Å². The van der Waals surface area contributed by atoms with Crippen molar-refractivity contribution >= 4 is 5.78 Å². The Labute approximate surface area is 100.0 Å². The lowest BCUT2D eigenvalue weighted by Gasteiger charge is -2.30. The average Bonchev–Trinajstić information content (AvgIpc) is 2.54. The maximum atomic E-state index is 12.4. The number of rotatable bonds is 5. The lowest BCUT2D eigenvalue weighted by Crippen LogP contribution is -2.39. The van der Waals surface area contributed by atoms with E-state index in [2.05, 4.69) is 13.8 Å². The average molecular weight is 225 g/mol. The van der Waals surface area contributed by atoms with E-state index in [0.717, 1.165) is 25.7 Å². The third-order valence-electron chi connectivity index (χ3n) is 4.27. The highest BCUT2D eigenvalue weighted by atomic mass is 16.1. The van der Waals surface area contributed by atoms with Crippen molar-refractivity contribution in [2.75, 3.05) is 6.54 Å². The minimum Gasteiger partial charge on any atom is -0.329 e. The molecular formula is C14H27NO. The fourth-order valence-electron chi connectivity index (χ4n) is 2.68. The van der Waals surface area contributed by atoms with Gasteiger partial charge in [-0.1, -0.05) is 46.0 Å². The highest BCUT2D eigenvalue weighted by Gasteiger charge is 2.36. The molecule has 1 aliphatic rings. The summed E-state index contributed by atoms with van der Waals surface area (Å²) in [5, 5.41) is 0. The minimum atomic E-state index is -0.167. The van der Waals surface area contributed by atoms with Gasteiger partial charge in [0, 0.05) is 18.4 Å². The van der Waals surface area contributed by atoms with Gasteiger partial charge in [-0.25, -0.2) is 0 Å². The maximum Gasteiger partial charge on any atom is 0.140 e. The lowest BCUT2D eigenvalue weighted by molar-refractivity contribution is -0.130. The molecule has 16 heavy (non-hydrogen) atoms. The summed E-state index contributed by atoms with van der Waals surface area (Å²) in [5.74, 6) is 0.949. The van der Waals surface area contributed by atoms with E-state index < -0.39 is 0 Å². The minimum absolute atomic E-state index is 0.167. The second-order valence-electron chi connectivity index (χ2n) is 5.54. The summed E-state index contributed by atoms with van der Waals surface area (Å²) in [6.45, 7) is 4.88. The Morgan fingerprint density at radius 2 is 1.81 bits per heavy atom. The molecule has 0 saturated heterocycles. The number of carbonyl (C=O) groups excluding carboxylic acids is 1.